The number of hydrogen-bond donors (Lipinski definition) is 3. The number of carbonyl (C=O) groups is 2. The maximum atomic E-state index is 13.0. The highest BCUT2D eigenvalue weighted by atomic mass is 19.4. The number of para-hydroxylation sites is 1. The lowest BCUT2D eigenvalue weighted by molar-refractivity contribution is -0.862. The Morgan fingerprint density at radius 3 is 2.07 bits per heavy atom. The van der Waals surface area contributed by atoms with Crippen LogP contribution >= 0.6 is 0 Å². The molecule has 0 aliphatic heterocycles. The molecule has 0 spiro atoms. The van der Waals surface area contributed by atoms with Crippen LogP contribution in [0.2, 0.25) is 0 Å². The molecule has 2 amide bonds. The van der Waals surface area contributed by atoms with Crippen LogP contribution in [-0.4, -0.2) is 32.0 Å². The van der Waals surface area contributed by atoms with Crippen molar-refractivity contribution in [3.05, 3.63) is 59.7 Å². The van der Waals surface area contributed by atoms with Crippen LogP contribution in [0.3, 0.4) is 0 Å². The van der Waals surface area contributed by atoms with Crippen molar-refractivity contribution in [1.82, 2.24) is 0 Å². The lowest BCUT2D eigenvalue weighted by atomic mass is 10.1. The van der Waals surface area contributed by atoms with Gasteiger partial charge in [0.1, 0.15) is 0 Å². The molecular formula is C19H21F3N3O2+. The number of rotatable bonds is 6. The number of benzene rings is 2. The van der Waals surface area contributed by atoms with Gasteiger partial charge in [0.15, 0.2) is 13.1 Å². The summed E-state index contributed by atoms with van der Waals surface area (Å²) in [5, 5.41) is 4.98. The van der Waals surface area contributed by atoms with E-state index in [0.717, 1.165) is 11.6 Å². The van der Waals surface area contributed by atoms with Crippen molar-refractivity contribution < 1.29 is 27.7 Å². The fraction of sp³-hybridized carbons (Fsp3) is 0.263. The maximum Gasteiger partial charge on any atom is 0.418 e. The molecule has 144 valence electrons. The highest BCUT2D eigenvalue weighted by Crippen LogP contribution is 2.34. The minimum Gasteiger partial charge on any atom is -0.322 e. The molecule has 0 aliphatic carbocycles. The average Bonchev–Trinajstić information content (AvgIpc) is 2.56. The van der Waals surface area contributed by atoms with Gasteiger partial charge in [0.25, 0.3) is 11.8 Å². The van der Waals surface area contributed by atoms with Gasteiger partial charge in [0, 0.05) is 5.69 Å². The highest BCUT2D eigenvalue weighted by Gasteiger charge is 2.33. The Morgan fingerprint density at radius 1 is 0.926 bits per heavy atom. The van der Waals surface area contributed by atoms with E-state index in [1.54, 1.807) is 19.2 Å². The predicted molar refractivity (Wildman–Crippen MR) is 96.5 cm³/mol. The number of quaternary nitrogens is 1. The van der Waals surface area contributed by atoms with Gasteiger partial charge in [-0.3, -0.25) is 9.59 Å². The molecule has 0 bridgehead atoms. The molecule has 0 saturated heterocycles. The molecule has 0 fully saturated rings. The smallest absolute Gasteiger partial charge is 0.322 e. The zero-order valence-electron chi connectivity index (χ0n) is 15.0. The lowest BCUT2D eigenvalue weighted by Crippen LogP contribution is -3.11. The van der Waals surface area contributed by atoms with Gasteiger partial charge in [-0.25, -0.2) is 0 Å². The average molecular weight is 380 g/mol. The Labute approximate surface area is 155 Å². The molecule has 0 heterocycles. The van der Waals surface area contributed by atoms with Crippen LogP contribution < -0.4 is 15.5 Å². The summed E-state index contributed by atoms with van der Waals surface area (Å²) >= 11 is 0. The number of aryl methyl sites for hydroxylation is 1. The van der Waals surface area contributed by atoms with E-state index < -0.39 is 17.6 Å². The van der Waals surface area contributed by atoms with Crippen LogP contribution in [0.4, 0.5) is 24.5 Å². The van der Waals surface area contributed by atoms with E-state index in [2.05, 4.69) is 10.6 Å². The molecule has 0 radical (unpaired) electrons. The molecule has 0 aliphatic rings. The number of anilines is 2. The van der Waals surface area contributed by atoms with Gasteiger partial charge in [-0.15, -0.1) is 0 Å². The quantitative estimate of drug-likeness (QED) is 0.719. The summed E-state index contributed by atoms with van der Waals surface area (Å²) in [6.45, 7) is 1.79. The number of carbonyl (C=O) groups excluding carboxylic acids is 2. The molecule has 1 atom stereocenters. The number of amides is 2. The predicted octanol–water partition coefficient (Wildman–Crippen LogP) is 2.11. The van der Waals surface area contributed by atoms with Crippen LogP contribution in [0.25, 0.3) is 0 Å². The Balaban J connectivity index is 1.89. The Hall–Kier alpha value is -2.87. The monoisotopic (exact) mass is 380 g/mol. The first-order valence-electron chi connectivity index (χ1n) is 8.29. The van der Waals surface area contributed by atoms with Gasteiger partial charge in [-0.05, 0) is 31.2 Å². The van der Waals surface area contributed by atoms with E-state index in [4.69, 9.17) is 0 Å². The van der Waals surface area contributed by atoms with Crippen molar-refractivity contribution in [2.24, 2.45) is 0 Å². The van der Waals surface area contributed by atoms with Crippen molar-refractivity contribution in [3.8, 4) is 0 Å². The molecule has 8 heteroatoms. The Kier molecular flexibility index (Phi) is 6.57. The minimum absolute atomic E-state index is 0.00220. The van der Waals surface area contributed by atoms with Crippen LogP contribution in [-0.2, 0) is 15.8 Å². The largest absolute Gasteiger partial charge is 0.418 e. The van der Waals surface area contributed by atoms with Crippen LogP contribution in [0.5, 0.6) is 0 Å². The molecule has 2 aromatic rings. The van der Waals surface area contributed by atoms with Crippen molar-refractivity contribution in [2.45, 2.75) is 13.1 Å². The molecule has 3 N–H and O–H groups in total. The topological polar surface area (TPSA) is 62.6 Å². The molecule has 1 unspecified atom stereocenters. The summed E-state index contributed by atoms with van der Waals surface area (Å²) in [5.41, 5.74) is 0.494. The minimum atomic E-state index is -4.56. The first kappa shape index (κ1) is 20.4. The second-order valence-corrected chi connectivity index (χ2v) is 6.32. The van der Waals surface area contributed by atoms with E-state index in [0.29, 0.717) is 10.6 Å². The van der Waals surface area contributed by atoms with Crippen LogP contribution in [0.1, 0.15) is 11.1 Å². The molecule has 0 aromatic heterocycles. The van der Waals surface area contributed by atoms with E-state index >= 15 is 0 Å². The second-order valence-electron chi connectivity index (χ2n) is 6.32. The van der Waals surface area contributed by atoms with Crippen molar-refractivity contribution in [1.29, 1.82) is 0 Å². The zero-order chi connectivity index (χ0) is 20.0. The van der Waals surface area contributed by atoms with Gasteiger partial charge in [-0.2, -0.15) is 13.2 Å². The second kappa shape index (κ2) is 8.68. The third-order valence-electron chi connectivity index (χ3n) is 3.77. The highest BCUT2D eigenvalue weighted by molar-refractivity contribution is 5.93. The standard InChI is InChI=1S/C19H20F3N3O2/c1-13-7-9-14(10-8-13)23-17(26)11-25(2)12-18(27)24-16-6-4-3-5-15(16)19(20,21)22/h3-10H,11-12H2,1-2H3,(H,23,26)(H,24,27)/p+1. The third-order valence-corrected chi connectivity index (χ3v) is 3.77. The summed E-state index contributed by atoms with van der Waals surface area (Å²) in [6.07, 6.45) is -4.56. The molecule has 2 aromatic carbocycles. The number of hydrogen-bond acceptors (Lipinski definition) is 2. The van der Waals surface area contributed by atoms with E-state index in [1.165, 1.54) is 18.2 Å². The fourth-order valence-electron chi connectivity index (χ4n) is 2.49. The van der Waals surface area contributed by atoms with Crippen molar-refractivity contribution in [2.75, 3.05) is 30.8 Å². The first-order chi connectivity index (χ1) is 12.6. The molecule has 2 rings (SSSR count). The summed E-state index contributed by atoms with van der Waals surface area (Å²) < 4.78 is 38.9. The summed E-state index contributed by atoms with van der Waals surface area (Å²) in [7, 11) is 1.62. The zero-order valence-corrected chi connectivity index (χ0v) is 15.0. The van der Waals surface area contributed by atoms with Gasteiger partial charge >= 0.3 is 6.18 Å². The molecule has 27 heavy (non-hydrogen) atoms. The number of likely N-dealkylation sites (N-methyl/N-ethyl adjacent to an activating group) is 1. The van der Waals surface area contributed by atoms with Gasteiger partial charge in [0.05, 0.1) is 18.3 Å². The number of alkyl halides is 3. The number of nitrogens with one attached hydrogen (secondary N) is 3. The van der Waals surface area contributed by atoms with E-state index in [-0.39, 0.29) is 24.7 Å². The lowest BCUT2D eigenvalue weighted by Gasteiger charge is -2.16. The van der Waals surface area contributed by atoms with E-state index in [9.17, 15) is 22.8 Å². The SMILES string of the molecule is Cc1ccc(NC(=O)C[NH+](C)CC(=O)Nc2ccccc2C(F)(F)F)cc1. The Morgan fingerprint density at radius 2 is 1.48 bits per heavy atom. The van der Waals surface area contributed by atoms with Crippen molar-refractivity contribution in [3.63, 3.8) is 0 Å². The fourth-order valence-corrected chi connectivity index (χ4v) is 2.49. The summed E-state index contributed by atoms with van der Waals surface area (Å²) in [6, 6.07) is 12.0. The van der Waals surface area contributed by atoms with Crippen molar-refractivity contribution >= 4 is 23.2 Å². The Bertz CT molecular complexity index is 805. The normalized spacial score (nSPS) is 12.3. The summed E-state index contributed by atoms with van der Waals surface area (Å²) in [4.78, 5) is 24.6. The van der Waals surface area contributed by atoms with E-state index in [1.807, 2.05) is 19.1 Å². The van der Waals surface area contributed by atoms with Crippen LogP contribution in [0, 0.1) is 6.92 Å². The number of halogens is 3. The molecule has 5 nitrogen and oxygen atoms in total. The molecule has 0 saturated carbocycles. The maximum absolute atomic E-state index is 13.0. The molecular weight excluding hydrogens is 359 g/mol. The van der Waals surface area contributed by atoms with Gasteiger partial charge in [0.2, 0.25) is 0 Å². The first-order valence-corrected chi connectivity index (χ1v) is 8.29. The summed E-state index contributed by atoms with van der Waals surface area (Å²) in [5.74, 6) is -0.896. The van der Waals surface area contributed by atoms with Gasteiger partial charge < -0.3 is 15.5 Å². The third kappa shape index (κ3) is 6.41. The van der Waals surface area contributed by atoms with Crippen LogP contribution in [0.15, 0.2) is 48.5 Å². The van der Waals surface area contributed by atoms with Gasteiger partial charge in [-0.1, -0.05) is 29.8 Å².